The highest BCUT2D eigenvalue weighted by Gasteiger charge is 2.49. The van der Waals surface area contributed by atoms with Gasteiger partial charge in [0.25, 0.3) is 0 Å². The van der Waals surface area contributed by atoms with Crippen molar-refractivity contribution < 1.29 is 109 Å². The van der Waals surface area contributed by atoms with Crippen LogP contribution in [0.4, 0.5) is 0 Å². The van der Waals surface area contributed by atoms with Crippen molar-refractivity contribution in [2.75, 3.05) is 28.8 Å². The van der Waals surface area contributed by atoms with Crippen LogP contribution in [0.5, 0.6) is 34.5 Å². The number of aromatic nitrogens is 8. The number of nitrogens with zero attached hydrogens (tertiary/aromatic N) is 6. The molecular weight excluding hydrogens is 2010 g/mol. The Morgan fingerprint density at radius 1 is 0.311 bits per heavy atom. The van der Waals surface area contributed by atoms with Gasteiger partial charge in [-0.15, -0.1) is 0 Å². The molecule has 148 heavy (non-hydrogen) atoms. The van der Waals surface area contributed by atoms with Gasteiger partial charge in [0, 0.05) is 141 Å². The van der Waals surface area contributed by atoms with Crippen LogP contribution in [0.15, 0.2) is 122 Å². The van der Waals surface area contributed by atoms with Crippen molar-refractivity contribution in [3.05, 3.63) is 200 Å². The molecule has 14 N–H and O–H groups in total. The first-order chi connectivity index (χ1) is 70.8. The van der Waals surface area contributed by atoms with Crippen molar-refractivity contribution >= 4 is 183 Å². The van der Waals surface area contributed by atoms with Crippen LogP contribution in [0.25, 0.3) is 79.8 Å². The van der Waals surface area contributed by atoms with Crippen LogP contribution < -0.4 is 56.3 Å². The number of allylic oxidation sites excluding steroid dienone is 10. The van der Waals surface area contributed by atoms with Crippen LogP contribution in [0, 0.1) is 35.5 Å². The van der Waals surface area contributed by atoms with Gasteiger partial charge in [0.2, 0.25) is 60.1 Å². The van der Waals surface area contributed by atoms with Gasteiger partial charge in [0.15, 0.2) is 0 Å². The molecule has 25 rings (SSSR count). The molecule has 0 atom stereocenters. The number of nitrogens with one attached hydrogen (secondary N) is 8. The number of sulfonamides is 6. The van der Waals surface area contributed by atoms with E-state index in [1.54, 1.807) is 86.9 Å². The summed E-state index contributed by atoms with van der Waals surface area (Å²) in [6.45, 7) is 8.83. The first-order valence-corrected chi connectivity index (χ1v) is 60.7. The summed E-state index contributed by atoms with van der Waals surface area (Å²) in [7, 11) is -25.0. The highest BCUT2D eigenvalue weighted by Crippen LogP contribution is 2.55. The number of pyridine rings is 6. The summed E-state index contributed by atoms with van der Waals surface area (Å²) in [6, 6.07) is 3.68. The molecule has 0 amide bonds. The van der Waals surface area contributed by atoms with E-state index < -0.39 is 103 Å². The van der Waals surface area contributed by atoms with E-state index >= 15 is 0 Å². The van der Waals surface area contributed by atoms with Gasteiger partial charge in [-0.1, -0.05) is 69.4 Å². The molecule has 0 radical (unpaired) electrons. The molecule has 0 bridgehead atoms. The maximum absolute atomic E-state index is 12.1. The van der Waals surface area contributed by atoms with Gasteiger partial charge in [-0.05, 0) is 240 Å². The summed E-state index contributed by atoms with van der Waals surface area (Å²) in [6.07, 6.45) is 45.5. The predicted octanol–water partition coefficient (Wildman–Crippen LogP) is 8.12. The van der Waals surface area contributed by atoms with Crippen molar-refractivity contribution in [1.29, 1.82) is 0 Å². The fraction of sp³-hybridized carbons (Fsp3) is 0.449. The average Bonchev–Trinajstić information content (AvgIpc) is 1.47. The third-order valence-corrected chi connectivity index (χ3v) is 39.8. The van der Waals surface area contributed by atoms with E-state index in [4.69, 9.17) is 27.9 Å². The van der Waals surface area contributed by atoms with Crippen LogP contribution in [-0.2, 0) is 85.8 Å². The van der Waals surface area contributed by atoms with Crippen LogP contribution in [0.1, 0.15) is 222 Å². The Kier molecular flexibility index (Phi) is 30.3. The van der Waals surface area contributed by atoms with Crippen LogP contribution in [-0.4, -0.2) is 233 Å². The molecule has 7 fully saturated rings. The third-order valence-electron chi connectivity index (χ3n) is 30.0. The smallest absolute Gasteiger partial charge is 0.531 e. The maximum Gasteiger partial charge on any atom is 0.552 e. The molecule has 7 saturated carbocycles. The number of hydrogen-bond donors (Lipinski definition) is 14. The number of fused-ring (bicyclic) bond motifs is 18. The van der Waals surface area contributed by atoms with Crippen molar-refractivity contribution in [3.63, 3.8) is 0 Å². The minimum absolute atomic E-state index is 0.00892. The van der Waals surface area contributed by atoms with Crippen molar-refractivity contribution in [1.82, 2.24) is 68.2 Å². The minimum Gasteiger partial charge on any atom is -0.531 e. The zero-order valence-corrected chi connectivity index (χ0v) is 87.3. The van der Waals surface area contributed by atoms with Gasteiger partial charge >= 0.3 is 42.7 Å². The van der Waals surface area contributed by atoms with Gasteiger partial charge in [-0.2, -0.15) is 0 Å². The molecule has 0 unspecified atom stereocenters. The molecule has 6 aliphatic heterocycles. The number of rotatable bonds is 27. The van der Waals surface area contributed by atoms with Crippen LogP contribution in [0.3, 0.4) is 0 Å². The second kappa shape index (κ2) is 42.8. The average molecular weight is 2130 g/mol. The second-order valence-electron chi connectivity index (χ2n) is 40.5. The highest BCUT2D eigenvalue weighted by molar-refractivity contribution is 7.91. The van der Waals surface area contributed by atoms with Gasteiger partial charge in [-0.3, -0.25) is 19.9 Å². The van der Waals surface area contributed by atoms with E-state index in [1.807, 2.05) is 51.4 Å². The van der Waals surface area contributed by atoms with Crippen molar-refractivity contribution in [2.24, 2.45) is 35.5 Å². The summed E-state index contributed by atoms with van der Waals surface area (Å²) in [5, 5.41) is 61.7. The summed E-state index contributed by atoms with van der Waals surface area (Å²) >= 11 is 0. The highest BCUT2D eigenvalue weighted by atomic mass is 32.2. The Balaban J connectivity index is 0.000000108. The van der Waals surface area contributed by atoms with E-state index in [1.165, 1.54) is 0 Å². The van der Waals surface area contributed by atoms with Gasteiger partial charge in [-0.25, -0.2) is 88.8 Å². The fourth-order valence-corrected chi connectivity index (χ4v) is 29.8. The minimum atomic E-state index is -3.20. The summed E-state index contributed by atoms with van der Waals surface area (Å²) < 4.78 is 192. The Labute approximate surface area is 863 Å². The van der Waals surface area contributed by atoms with E-state index in [2.05, 4.69) is 111 Å². The zero-order chi connectivity index (χ0) is 104. The SMILES string of the molecule is CCCS(=O)(=O)NC1CC(C2=CB(O)Oc3cnc4[nH]ccc4c32)C1.CCCS(=O)(=O)NC1CC(C2=CB(O)Oc3cnc4c(c32)C=CC4)C1.CCCS(=O)(=O)NC1CC(C2=CB(O)Oc3cnc4c(c32)C=CC4)C1.CCS(=O)(=O)NC1CC(C2=CB(O)Oc3cnc4[nH]ccc4c32)C1.CCS(=O)(=O)NC1CC(C2=CB(O)Oc3cnc4c(c32)C=CC4)C1.O=S(=O)(NC1CC(C2=CB(O)Oc3cnc4c(c32)C=CC4)C1)C1CC1. The maximum atomic E-state index is 12.1. The summed E-state index contributed by atoms with van der Waals surface area (Å²) in [5.41, 5.74) is 22.0. The van der Waals surface area contributed by atoms with Gasteiger partial charge in [0.1, 0.15) is 45.8 Å². The first kappa shape index (κ1) is 105. The fourth-order valence-electron chi connectivity index (χ4n) is 22.4. The lowest BCUT2D eigenvalue weighted by Crippen LogP contribution is -2.46. The lowest BCUT2D eigenvalue weighted by Gasteiger charge is -2.39. The molecule has 778 valence electrons. The van der Waals surface area contributed by atoms with E-state index in [9.17, 15) is 80.7 Å². The number of aromatic amines is 2. The zero-order valence-electron chi connectivity index (χ0n) is 82.4. The molecule has 11 aliphatic carbocycles. The molecular formula is C98H118B6N14O24S6. The molecule has 8 aromatic rings. The normalized spacial score (nSPS) is 24.5. The Bertz CT molecular complexity index is 7460. The second-order valence-corrected chi connectivity index (χ2v) is 52.2. The molecule has 50 heteroatoms. The van der Waals surface area contributed by atoms with Crippen molar-refractivity contribution in [3.8, 4) is 34.5 Å². The van der Waals surface area contributed by atoms with Gasteiger partial charge in [0.05, 0.1) is 94.0 Å². The summed E-state index contributed by atoms with van der Waals surface area (Å²) in [4.78, 5) is 32.4. The van der Waals surface area contributed by atoms with E-state index in [0.29, 0.717) is 66.6 Å². The van der Waals surface area contributed by atoms with Crippen LogP contribution >= 0.6 is 0 Å². The predicted molar refractivity (Wildman–Crippen MR) is 571 cm³/mol. The lowest BCUT2D eigenvalue weighted by atomic mass is 9.68. The molecule has 0 spiro atoms. The summed E-state index contributed by atoms with van der Waals surface area (Å²) in [5.74, 6) is 15.9. The molecule has 8 aromatic heterocycles. The van der Waals surface area contributed by atoms with Gasteiger partial charge < -0.3 is 68.0 Å². The quantitative estimate of drug-likeness (QED) is 0.0216. The monoisotopic (exact) mass is 2130 g/mol. The standard InChI is InChI=1S/C17H19BN2O4S.2C17H21BN2O4S.C16H20BN3O4S.C16H19BN2O4S.C15H18BN3O4S/c21-18-8-14(10-6-11(7-10)20-25(22,23)12-4-5-12)17-13-2-1-3-15(13)19-9-16(17)24-18;2*1-2-6-25(22,23)20-12-7-11(8-12)14-9-18(21)24-16-10-19-15-5-3-4-13(15)17(14)16;1-2-5-25(22,23)20-11-6-10(7-11)13-8-17(21)24-14-9-19-16-12(15(13)14)3-4-18-16;1-2-24(21,22)19-11-6-10(7-11)13-8-17(20)23-15-9-18-14-5-3-4-12(14)16(13)15;1-2-24(21,22)19-10-5-9(6-10)12-7-16(20)23-13-8-18-15-11(14(12)13)3-4-17-15/h1-2,8-12,20-21H,3-7H2;2*3-4,9-12,20-21H,2,5-8H2,1H3;3-4,8-11,20-21H,2,5-7H2,1H3,(H,18,19);3-4,8-11,19-20H,2,5-7H2,1H3;3-4,7-10,19-20H,2,5-6H2,1H3,(H,17,18). The molecule has 38 nitrogen and oxygen atoms in total. The molecule has 14 heterocycles. The van der Waals surface area contributed by atoms with Crippen molar-refractivity contribution in [2.45, 2.75) is 211 Å². The molecule has 0 aromatic carbocycles. The van der Waals surface area contributed by atoms with E-state index in [0.717, 1.165) is 237 Å². The molecule has 17 aliphatic rings. The largest absolute Gasteiger partial charge is 0.552 e. The number of hydrogen-bond acceptors (Lipinski definition) is 30. The van der Waals surface area contributed by atoms with E-state index in [-0.39, 0.29) is 106 Å². The third kappa shape index (κ3) is 22.8. The number of H-pyrrole nitrogens is 2. The Hall–Kier alpha value is -10.2. The Morgan fingerprint density at radius 3 is 0.770 bits per heavy atom. The lowest BCUT2D eigenvalue weighted by molar-refractivity contribution is 0.308. The topological polar surface area (TPSA) is 563 Å². The van der Waals surface area contributed by atoms with Crippen LogP contribution in [0.2, 0.25) is 0 Å². The molecule has 0 saturated heterocycles. The Morgan fingerprint density at radius 2 is 0.534 bits per heavy atom. The first-order valence-electron chi connectivity index (χ1n) is 50.9.